The van der Waals surface area contributed by atoms with Crippen LogP contribution in [0.15, 0.2) is 36.7 Å². The van der Waals surface area contributed by atoms with Crippen LogP contribution in [0, 0.1) is 0 Å². The molecule has 4 N–H and O–H groups in total. The maximum Gasteiger partial charge on any atom is 0.421 e. The van der Waals surface area contributed by atoms with Crippen molar-refractivity contribution in [2.45, 2.75) is 18.9 Å². The van der Waals surface area contributed by atoms with Gasteiger partial charge in [-0.3, -0.25) is 10.1 Å². The summed E-state index contributed by atoms with van der Waals surface area (Å²) in [4.78, 5) is 45.8. The maximum atomic E-state index is 12.9. The number of rotatable bonds is 5. The summed E-state index contributed by atoms with van der Waals surface area (Å²) in [6, 6.07) is 7.31. The number of urea groups is 1. The molecule has 4 rings (SSSR count). The molecule has 0 unspecified atom stereocenters. The van der Waals surface area contributed by atoms with Crippen LogP contribution in [0.4, 0.5) is 15.4 Å². The number of hydrogen-bond donors (Lipinski definition) is 3. The second-order valence-corrected chi connectivity index (χ2v) is 9.32. The number of nitrogens with zero attached hydrogens (tertiary/aromatic N) is 4. The van der Waals surface area contributed by atoms with Crippen LogP contribution >= 0.6 is 17.0 Å². The van der Waals surface area contributed by atoms with E-state index in [-0.39, 0.29) is 60.7 Å². The summed E-state index contributed by atoms with van der Waals surface area (Å²) in [5.41, 5.74) is 7.11. The summed E-state index contributed by atoms with van der Waals surface area (Å²) in [5.74, 6) is -0.464. The number of nitrogens with two attached hydrogens (primary N) is 1. The zero-order chi connectivity index (χ0) is 24.3. The third-order valence-corrected chi connectivity index (χ3v) is 6.93. The van der Waals surface area contributed by atoms with Crippen molar-refractivity contribution in [3.63, 3.8) is 0 Å². The molecule has 188 valence electrons. The highest BCUT2D eigenvalue weighted by Crippen LogP contribution is 2.22. The van der Waals surface area contributed by atoms with Crippen LogP contribution in [0.5, 0.6) is 0 Å². The van der Waals surface area contributed by atoms with Crippen molar-refractivity contribution < 1.29 is 27.0 Å². The molecule has 1 aliphatic heterocycles. The van der Waals surface area contributed by atoms with Gasteiger partial charge in [-0.2, -0.15) is 12.7 Å². The van der Waals surface area contributed by atoms with Gasteiger partial charge in [-0.15, -0.1) is 17.0 Å². The van der Waals surface area contributed by atoms with Crippen molar-refractivity contribution in [2.24, 2.45) is 5.73 Å². The number of hydrogen-bond acceptors (Lipinski definition) is 8. The molecule has 0 saturated carbocycles. The summed E-state index contributed by atoms with van der Waals surface area (Å²) in [5, 5.41) is 5.51. The lowest BCUT2D eigenvalue weighted by atomic mass is 10.1. The number of benzene rings is 1. The molecule has 1 aromatic carbocycles. The number of nitrogens with one attached hydrogen (secondary N) is 2. The van der Waals surface area contributed by atoms with Crippen LogP contribution in [-0.4, -0.2) is 77.8 Å². The molecule has 4 amide bonds. The molecule has 0 spiro atoms. The lowest BCUT2D eigenvalue weighted by Crippen LogP contribution is -2.52. The average Bonchev–Trinajstić information content (AvgIpc) is 3.21. The lowest BCUT2D eigenvalue weighted by Gasteiger charge is -2.32. The van der Waals surface area contributed by atoms with Gasteiger partial charge >= 0.3 is 22.4 Å². The van der Waals surface area contributed by atoms with Gasteiger partial charge in [-0.25, -0.2) is 19.6 Å². The largest absolute Gasteiger partial charge is 0.421 e. The summed E-state index contributed by atoms with van der Waals surface area (Å²) < 4.78 is 28.9. The molecule has 1 aromatic heterocycles. The first-order valence-electron chi connectivity index (χ1n) is 10.5. The van der Waals surface area contributed by atoms with Crippen LogP contribution in [0.2, 0.25) is 0 Å². The highest BCUT2D eigenvalue weighted by molar-refractivity contribution is 8.93. The molecule has 2 aromatic rings. The highest BCUT2D eigenvalue weighted by atomic mass is 79.9. The number of piperazine rings is 1. The predicted molar refractivity (Wildman–Crippen MR) is 129 cm³/mol. The molecule has 1 fully saturated rings. The van der Waals surface area contributed by atoms with Gasteiger partial charge in [0, 0.05) is 44.6 Å². The Kier molecular flexibility index (Phi) is 8.24. The van der Waals surface area contributed by atoms with Gasteiger partial charge in [-0.05, 0) is 24.0 Å². The molecule has 2 heterocycles. The number of carbonyl (C=O) groups excluding carboxylic acids is 3. The van der Waals surface area contributed by atoms with Gasteiger partial charge in [0.05, 0.1) is 0 Å². The van der Waals surface area contributed by atoms with Crippen molar-refractivity contribution in [1.82, 2.24) is 24.5 Å². The summed E-state index contributed by atoms with van der Waals surface area (Å²) in [6.45, 7) is -0.150. The quantitative estimate of drug-likeness (QED) is 0.464. The van der Waals surface area contributed by atoms with E-state index in [2.05, 4.69) is 24.8 Å². The van der Waals surface area contributed by atoms with Gasteiger partial charge in [0.15, 0.2) is 11.5 Å². The molecule has 2 aliphatic rings. The molecule has 0 atom stereocenters. The number of amides is 4. The summed E-state index contributed by atoms with van der Waals surface area (Å²) in [7, 11) is -4.31. The summed E-state index contributed by atoms with van der Waals surface area (Å²) in [6.07, 6.45) is 2.68. The topological polar surface area (TPSA) is 177 Å². The first-order valence-corrected chi connectivity index (χ1v) is 11.8. The molecule has 1 saturated heterocycles. The van der Waals surface area contributed by atoms with Crippen molar-refractivity contribution in [2.75, 3.05) is 31.5 Å². The van der Waals surface area contributed by atoms with E-state index in [0.29, 0.717) is 12.8 Å². The van der Waals surface area contributed by atoms with Crippen molar-refractivity contribution in [3.05, 3.63) is 53.5 Å². The van der Waals surface area contributed by atoms with Crippen LogP contribution in [0.25, 0.3) is 0 Å². The fourth-order valence-corrected chi connectivity index (χ4v) is 4.89. The Labute approximate surface area is 212 Å². The van der Waals surface area contributed by atoms with E-state index >= 15 is 0 Å². The molecule has 1 aliphatic carbocycles. The number of fused-ring (bicyclic) bond motifs is 1. The van der Waals surface area contributed by atoms with E-state index in [1.165, 1.54) is 28.4 Å². The Morgan fingerprint density at radius 2 is 1.60 bits per heavy atom. The monoisotopic (exact) mass is 569 g/mol. The minimum Gasteiger partial charge on any atom is -0.347 e. The van der Waals surface area contributed by atoms with Gasteiger partial charge in [0.25, 0.3) is 5.91 Å². The third-order valence-electron chi connectivity index (χ3n) is 5.55. The van der Waals surface area contributed by atoms with Crippen LogP contribution in [0.1, 0.15) is 21.6 Å². The lowest BCUT2D eigenvalue weighted by molar-refractivity contribution is 0.0934. The predicted octanol–water partition coefficient (Wildman–Crippen LogP) is 0.441. The van der Waals surface area contributed by atoms with Crippen LogP contribution < -0.4 is 16.4 Å². The Morgan fingerprint density at radius 3 is 2.20 bits per heavy atom. The Balaban J connectivity index is 0.00000342. The number of anilines is 1. The van der Waals surface area contributed by atoms with E-state index in [1.54, 1.807) is 0 Å². The van der Waals surface area contributed by atoms with Gasteiger partial charge in [0.1, 0.15) is 0 Å². The summed E-state index contributed by atoms with van der Waals surface area (Å²) >= 11 is 0. The van der Waals surface area contributed by atoms with E-state index in [1.807, 2.05) is 24.3 Å². The average molecular weight is 570 g/mol. The fraction of sp³-hybridized carbons (Fsp3) is 0.350. The first kappa shape index (κ1) is 26.3. The van der Waals surface area contributed by atoms with Gasteiger partial charge in [-0.1, -0.05) is 24.3 Å². The third kappa shape index (κ3) is 6.23. The molecular formula is C20H24BrN7O6S. The zero-order valence-corrected chi connectivity index (χ0v) is 20.9. The van der Waals surface area contributed by atoms with E-state index < -0.39 is 28.3 Å². The first-order chi connectivity index (χ1) is 16.2. The Morgan fingerprint density at radius 1 is 1.00 bits per heavy atom. The van der Waals surface area contributed by atoms with Crippen LogP contribution in [-0.2, 0) is 27.3 Å². The van der Waals surface area contributed by atoms with Crippen molar-refractivity contribution in [3.8, 4) is 0 Å². The smallest absolute Gasteiger partial charge is 0.347 e. The fourth-order valence-electron chi connectivity index (χ4n) is 3.96. The normalized spacial score (nSPS) is 16.1. The SMILES string of the molecule is Br.NC(=O)OS(=O)(=O)N1CCN(C(=O)Nc2nccnc2C(=O)NC2Cc3ccccc3C2)CC1. The number of aromatic nitrogens is 2. The van der Waals surface area contributed by atoms with E-state index in [0.717, 1.165) is 4.31 Å². The molecule has 15 heteroatoms. The van der Waals surface area contributed by atoms with E-state index in [9.17, 15) is 22.8 Å². The Bertz CT molecular complexity index is 1190. The number of halogens is 1. The standard InChI is InChI=1S/C20H23N7O6S.BrH/c21-19(29)33-34(31,32)27-9-7-26(8-10-27)20(30)25-17-16(22-5-6-23-17)18(28)24-15-11-13-3-1-2-4-14(13)12-15;/h1-6,15H,7-12H2,(H2,21,29)(H,24,28)(H,23,25,30);1H. The van der Waals surface area contributed by atoms with Gasteiger partial charge < -0.3 is 20.1 Å². The van der Waals surface area contributed by atoms with Gasteiger partial charge in [0.2, 0.25) is 0 Å². The molecular weight excluding hydrogens is 546 g/mol. The second-order valence-electron chi connectivity index (χ2n) is 7.78. The zero-order valence-electron chi connectivity index (χ0n) is 18.4. The Hall–Kier alpha value is -3.30. The molecule has 0 bridgehead atoms. The van der Waals surface area contributed by atoms with Crippen molar-refractivity contribution in [1.29, 1.82) is 0 Å². The molecule has 13 nitrogen and oxygen atoms in total. The van der Waals surface area contributed by atoms with E-state index in [4.69, 9.17) is 5.73 Å². The molecule has 35 heavy (non-hydrogen) atoms. The highest BCUT2D eigenvalue weighted by Gasteiger charge is 2.32. The van der Waals surface area contributed by atoms with Crippen LogP contribution in [0.3, 0.4) is 0 Å². The number of carbonyl (C=O) groups is 3. The maximum absolute atomic E-state index is 12.9. The molecule has 0 radical (unpaired) electrons. The van der Waals surface area contributed by atoms with Crippen molar-refractivity contribution >= 4 is 51.1 Å². The minimum absolute atomic E-state index is 0. The minimum atomic E-state index is -4.31. The second kappa shape index (κ2) is 11.0. The number of primary amides is 1.